The van der Waals surface area contributed by atoms with Crippen LogP contribution in [0.4, 0.5) is 4.39 Å². The highest BCUT2D eigenvalue weighted by Crippen LogP contribution is 2.22. The molecule has 0 unspecified atom stereocenters. The van der Waals surface area contributed by atoms with E-state index in [1.807, 2.05) is 6.92 Å². The van der Waals surface area contributed by atoms with Gasteiger partial charge in [-0.25, -0.2) is 12.8 Å². The maximum atomic E-state index is 12.8. The summed E-state index contributed by atoms with van der Waals surface area (Å²) in [5.74, 6) is -0.159. The zero-order chi connectivity index (χ0) is 13.8. The minimum absolute atomic E-state index is 0.158. The summed E-state index contributed by atoms with van der Waals surface area (Å²) >= 11 is 0. The predicted octanol–water partition coefficient (Wildman–Crippen LogP) is 2.95. The van der Waals surface area contributed by atoms with E-state index < -0.39 is 10.0 Å². The molecule has 0 aliphatic rings. The molecule has 0 amide bonds. The van der Waals surface area contributed by atoms with Crippen LogP contribution in [-0.4, -0.2) is 25.5 Å². The van der Waals surface area contributed by atoms with Gasteiger partial charge in [-0.05, 0) is 31.0 Å². The maximum absolute atomic E-state index is 12.8. The molecule has 0 saturated carbocycles. The van der Waals surface area contributed by atoms with E-state index in [1.54, 1.807) is 26.1 Å². The van der Waals surface area contributed by atoms with E-state index in [1.165, 1.54) is 16.4 Å². The highest BCUT2D eigenvalue weighted by molar-refractivity contribution is 7.89. The Kier molecular flexibility index (Phi) is 5.28. The fourth-order valence-corrected chi connectivity index (χ4v) is 3.21. The molecule has 0 heterocycles. The van der Waals surface area contributed by atoms with E-state index in [0.29, 0.717) is 6.42 Å². The summed E-state index contributed by atoms with van der Waals surface area (Å²) in [5, 5.41) is 0. The number of sulfonamides is 1. The van der Waals surface area contributed by atoms with Crippen LogP contribution in [0.25, 0.3) is 0 Å². The summed E-state index contributed by atoms with van der Waals surface area (Å²) in [4.78, 5) is 0. The Bertz CT molecular complexity index is 470. The molecule has 0 aromatic heterocycles. The second kappa shape index (κ2) is 6.29. The zero-order valence-electron chi connectivity index (χ0n) is 11.1. The number of benzene rings is 1. The van der Waals surface area contributed by atoms with Crippen molar-refractivity contribution in [1.82, 2.24) is 4.31 Å². The lowest BCUT2D eigenvalue weighted by Gasteiger charge is -2.24. The molecule has 1 aromatic rings. The van der Waals surface area contributed by atoms with Gasteiger partial charge in [-0.2, -0.15) is 4.31 Å². The number of hydrogen-bond acceptors (Lipinski definition) is 2. The van der Waals surface area contributed by atoms with Crippen molar-refractivity contribution in [3.8, 4) is 0 Å². The van der Waals surface area contributed by atoms with Gasteiger partial charge >= 0.3 is 0 Å². The third-order valence-electron chi connectivity index (χ3n) is 3.09. The number of hydrogen-bond donors (Lipinski definition) is 0. The van der Waals surface area contributed by atoms with Crippen molar-refractivity contribution >= 4 is 10.0 Å². The zero-order valence-corrected chi connectivity index (χ0v) is 11.9. The Morgan fingerprint density at radius 1 is 1.28 bits per heavy atom. The predicted molar refractivity (Wildman–Crippen MR) is 71.3 cm³/mol. The summed E-state index contributed by atoms with van der Waals surface area (Å²) in [6.07, 6.45) is 1.50. The molecule has 0 bridgehead atoms. The summed E-state index contributed by atoms with van der Waals surface area (Å²) in [6, 6.07) is 5.64. The van der Waals surface area contributed by atoms with Gasteiger partial charge in [-0.3, -0.25) is 0 Å². The molecule has 1 atom stereocenters. The third-order valence-corrected chi connectivity index (χ3v) is 5.09. The molecule has 3 nitrogen and oxygen atoms in total. The van der Waals surface area contributed by atoms with Crippen molar-refractivity contribution in [2.75, 3.05) is 12.8 Å². The number of rotatable bonds is 6. The molecule has 0 aliphatic heterocycles. The highest BCUT2D eigenvalue weighted by Gasteiger charge is 2.23. The summed E-state index contributed by atoms with van der Waals surface area (Å²) < 4.78 is 38.2. The standard InChI is InChI=1S/C13H20FNO2S/c1-4-5-10-18(16,17)15(3)11(2)12-6-8-13(14)9-7-12/h6-9,11H,4-5,10H2,1-3H3/t11-/m0/s1. The van der Waals surface area contributed by atoms with Crippen LogP contribution < -0.4 is 0 Å². The number of halogens is 1. The monoisotopic (exact) mass is 273 g/mol. The Labute approximate surface area is 109 Å². The van der Waals surface area contributed by atoms with Gasteiger partial charge in [-0.1, -0.05) is 25.5 Å². The second-order valence-corrected chi connectivity index (χ2v) is 6.56. The molecule has 0 aliphatic carbocycles. The summed E-state index contributed by atoms with van der Waals surface area (Å²) in [5.41, 5.74) is 0.791. The van der Waals surface area contributed by atoms with Gasteiger partial charge < -0.3 is 0 Å². The van der Waals surface area contributed by atoms with Crippen LogP contribution in [0, 0.1) is 5.82 Å². The van der Waals surface area contributed by atoms with Gasteiger partial charge in [0.2, 0.25) is 10.0 Å². The van der Waals surface area contributed by atoms with Crippen molar-refractivity contribution in [3.05, 3.63) is 35.6 Å². The molecule has 0 spiro atoms. The van der Waals surface area contributed by atoms with Crippen molar-refractivity contribution < 1.29 is 12.8 Å². The molecule has 102 valence electrons. The average Bonchev–Trinajstić information content (AvgIpc) is 2.35. The van der Waals surface area contributed by atoms with Gasteiger partial charge in [0.15, 0.2) is 0 Å². The average molecular weight is 273 g/mol. The number of nitrogens with zero attached hydrogens (tertiary/aromatic N) is 1. The highest BCUT2D eigenvalue weighted by atomic mass is 32.2. The lowest BCUT2D eigenvalue weighted by Crippen LogP contribution is -2.31. The van der Waals surface area contributed by atoms with E-state index in [4.69, 9.17) is 0 Å². The second-order valence-electron chi connectivity index (χ2n) is 4.41. The SMILES string of the molecule is CCCCS(=O)(=O)N(C)[C@@H](C)c1ccc(F)cc1. The fraction of sp³-hybridized carbons (Fsp3) is 0.538. The molecular weight excluding hydrogens is 253 g/mol. The van der Waals surface area contributed by atoms with Crippen molar-refractivity contribution in [2.45, 2.75) is 32.7 Å². The van der Waals surface area contributed by atoms with Gasteiger partial charge in [0.1, 0.15) is 5.82 Å². The Hall–Kier alpha value is -0.940. The van der Waals surface area contributed by atoms with Gasteiger partial charge in [-0.15, -0.1) is 0 Å². The topological polar surface area (TPSA) is 37.4 Å². The van der Waals surface area contributed by atoms with Gasteiger partial charge in [0, 0.05) is 13.1 Å². The van der Waals surface area contributed by atoms with E-state index in [9.17, 15) is 12.8 Å². The molecule has 0 radical (unpaired) electrons. The largest absolute Gasteiger partial charge is 0.214 e. The van der Waals surface area contributed by atoms with E-state index >= 15 is 0 Å². The minimum atomic E-state index is -3.24. The van der Waals surface area contributed by atoms with Gasteiger partial charge in [0.05, 0.1) is 5.75 Å². The molecule has 0 saturated heterocycles. The summed E-state index contributed by atoms with van der Waals surface area (Å²) in [6.45, 7) is 3.76. The molecule has 1 rings (SSSR count). The van der Waals surface area contributed by atoms with Crippen molar-refractivity contribution in [1.29, 1.82) is 0 Å². The van der Waals surface area contributed by atoms with Crippen LogP contribution in [0.15, 0.2) is 24.3 Å². The Morgan fingerprint density at radius 3 is 2.33 bits per heavy atom. The van der Waals surface area contributed by atoms with E-state index in [-0.39, 0.29) is 17.6 Å². The lowest BCUT2D eigenvalue weighted by molar-refractivity contribution is 0.397. The first-order valence-corrected chi connectivity index (χ1v) is 7.70. The van der Waals surface area contributed by atoms with Crippen LogP contribution in [0.2, 0.25) is 0 Å². The van der Waals surface area contributed by atoms with Crippen molar-refractivity contribution in [3.63, 3.8) is 0 Å². The van der Waals surface area contributed by atoms with Gasteiger partial charge in [0.25, 0.3) is 0 Å². The molecule has 1 aromatic carbocycles. The van der Waals surface area contributed by atoms with E-state index in [2.05, 4.69) is 0 Å². The molecule has 5 heteroatoms. The first-order valence-electron chi connectivity index (χ1n) is 6.09. The summed E-state index contributed by atoms with van der Waals surface area (Å²) in [7, 11) is -1.67. The van der Waals surface area contributed by atoms with Crippen LogP contribution in [0.5, 0.6) is 0 Å². The maximum Gasteiger partial charge on any atom is 0.214 e. The Morgan fingerprint density at radius 2 is 1.83 bits per heavy atom. The first-order chi connectivity index (χ1) is 8.38. The number of unbranched alkanes of at least 4 members (excludes halogenated alkanes) is 1. The van der Waals surface area contributed by atoms with Crippen molar-refractivity contribution in [2.24, 2.45) is 0 Å². The third kappa shape index (κ3) is 3.78. The van der Waals surface area contributed by atoms with Crippen LogP contribution in [-0.2, 0) is 10.0 Å². The minimum Gasteiger partial charge on any atom is -0.212 e. The molecular formula is C13H20FNO2S. The Balaban J connectivity index is 2.83. The fourth-order valence-electron chi connectivity index (χ4n) is 1.66. The molecule has 18 heavy (non-hydrogen) atoms. The normalized spacial score (nSPS) is 13.8. The molecule has 0 N–H and O–H groups in total. The quantitative estimate of drug-likeness (QED) is 0.799. The van der Waals surface area contributed by atoms with Crippen LogP contribution >= 0.6 is 0 Å². The first kappa shape index (κ1) is 15.1. The molecule has 0 fully saturated rings. The smallest absolute Gasteiger partial charge is 0.212 e. The van der Waals surface area contributed by atoms with Crippen LogP contribution in [0.3, 0.4) is 0 Å². The van der Waals surface area contributed by atoms with E-state index in [0.717, 1.165) is 12.0 Å². The van der Waals surface area contributed by atoms with Crippen LogP contribution in [0.1, 0.15) is 38.3 Å². The lowest BCUT2D eigenvalue weighted by atomic mass is 10.1.